The molecular weight excluding hydrogens is 352 g/mol. The second-order valence-electron chi connectivity index (χ2n) is 6.27. The standard InChI is InChI=1S/C20H23ClN2O3/c1-13(2)19(14-4-8-16(21)9-5-14)22-12-18(24)23-17-10-6-15(7-11-17)20(25)26-3/h4-11,13,19,22H,12H2,1-3H3,(H,23,24). The van der Waals surface area contributed by atoms with Crippen LogP contribution in [0.5, 0.6) is 0 Å². The van der Waals surface area contributed by atoms with Crippen molar-refractivity contribution in [3.8, 4) is 0 Å². The quantitative estimate of drug-likeness (QED) is 0.717. The third-order valence-electron chi connectivity index (χ3n) is 3.97. The number of benzene rings is 2. The smallest absolute Gasteiger partial charge is 0.337 e. The van der Waals surface area contributed by atoms with Gasteiger partial charge in [0, 0.05) is 16.8 Å². The fraction of sp³-hybridized carbons (Fsp3) is 0.300. The fourth-order valence-corrected chi connectivity index (χ4v) is 2.75. The van der Waals surface area contributed by atoms with Crippen LogP contribution in [0.4, 0.5) is 5.69 Å². The van der Waals surface area contributed by atoms with Gasteiger partial charge in [-0.1, -0.05) is 37.6 Å². The Kier molecular flexibility index (Phi) is 7.18. The van der Waals surface area contributed by atoms with Gasteiger partial charge in [-0.05, 0) is 47.9 Å². The molecule has 1 atom stereocenters. The van der Waals surface area contributed by atoms with Crippen molar-refractivity contribution in [1.82, 2.24) is 5.32 Å². The van der Waals surface area contributed by atoms with Crippen LogP contribution in [0.25, 0.3) is 0 Å². The monoisotopic (exact) mass is 374 g/mol. The Morgan fingerprint density at radius 3 is 2.19 bits per heavy atom. The van der Waals surface area contributed by atoms with Gasteiger partial charge in [-0.25, -0.2) is 4.79 Å². The molecule has 0 fully saturated rings. The van der Waals surface area contributed by atoms with Crippen molar-refractivity contribution < 1.29 is 14.3 Å². The van der Waals surface area contributed by atoms with E-state index in [1.165, 1.54) is 7.11 Å². The highest BCUT2D eigenvalue weighted by Crippen LogP contribution is 2.23. The van der Waals surface area contributed by atoms with Gasteiger partial charge < -0.3 is 15.4 Å². The molecule has 2 aromatic carbocycles. The predicted molar refractivity (Wildman–Crippen MR) is 103 cm³/mol. The van der Waals surface area contributed by atoms with Gasteiger partial charge >= 0.3 is 5.97 Å². The summed E-state index contributed by atoms with van der Waals surface area (Å²) in [5.41, 5.74) is 2.14. The Hall–Kier alpha value is -2.37. The first-order valence-electron chi connectivity index (χ1n) is 8.37. The number of amides is 1. The summed E-state index contributed by atoms with van der Waals surface area (Å²) in [6.07, 6.45) is 0. The molecule has 138 valence electrons. The van der Waals surface area contributed by atoms with Gasteiger partial charge in [0.05, 0.1) is 19.2 Å². The lowest BCUT2D eigenvalue weighted by atomic mass is 9.96. The molecule has 1 amide bonds. The molecule has 6 heteroatoms. The zero-order chi connectivity index (χ0) is 19.1. The third-order valence-corrected chi connectivity index (χ3v) is 4.22. The number of rotatable bonds is 7. The van der Waals surface area contributed by atoms with Crippen LogP contribution in [0.3, 0.4) is 0 Å². The molecule has 2 N–H and O–H groups in total. The maximum Gasteiger partial charge on any atom is 0.337 e. The molecule has 0 aliphatic rings. The van der Waals surface area contributed by atoms with E-state index < -0.39 is 5.97 Å². The van der Waals surface area contributed by atoms with Crippen LogP contribution < -0.4 is 10.6 Å². The van der Waals surface area contributed by atoms with Crippen molar-refractivity contribution in [2.24, 2.45) is 5.92 Å². The molecule has 0 aliphatic carbocycles. The van der Waals surface area contributed by atoms with Crippen LogP contribution in [0.15, 0.2) is 48.5 Å². The van der Waals surface area contributed by atoms with Crippen LogP contribution in [-0.2, 0) is 9.53 Å². The highest BCUT2D eigenvalue weighted by atomic mass is 35.5. The average molecular weight is 375 g/mol. The van der Waals surface area contributed by atoms with E-state index in [-0.39, 0.29) is 18.5 Å². The lowest BCUT2D eigenvalue weighted by Gasteiger charge is -2.23. The lowest BCUT2D eigenvalue weighted by Crippen LogP contribution is -2.33. The average Bonchev–Trinajstić information content (AvgIpc) is 2.63. The van der Waals surface area contributed by atoms with Crippen molar-refractivity contribution in [1.29, 1.82) is 0 Å². The van der Waals surface area contributed by atoms with E-state index in [4.69, 9.17) is 11.6 Å². The Morgan fingerprint density at radius 1 is 1.04 bits per heavy atom. The Morgan fingerprint density at radius 2 is 1.65 bits per heavy atom. The summed E-state index contributed by atoms with van der Waals surface area (Å²) in [7, 11) is 1.33. The first-order chi connectivity index (χ1) is 12.4. The summed E-state index contributed by atoms with van der Waals surface area (Å²) >= 11 is 5.94. The molecule has 0 saturated heterocycles. The van der Waals surface area contributed by atoms with Crippen LogP contribution in [0, 0.1) is 5.92 Å². The van der Waals surface area contributed by atoms with Gasteiger partial charge in [0.1, 0.15) is 0 Å². The maximum absolute atomic E-state index is 12.2. The molecule has 0 heterocycles. The highest BCUT2D eigenvalue weighted by Gasteiger charge is 2.16. The second-order valence-corrected chi connectivity index (χ2v) is 6.71. The zero-order valence-corrected chi connectivity index (χ0v) is 15.8. The molecule has 1 unspecified atom stereocenters. The summed E-state index contributed by atoms with van der Waals surface area (Å²) < 4.78 is 4.65. The topological polar surface area (TPSA) is 67.4 Å². The molecule has 5 nitrogen and oxygen atoms in total. The molecule has 0 aromatic heterocycles. The first-order valence-corrected chi connectivity index (χ1v) is 8.75. The van der Waals surface area contributed by atoms with Gasteiger partial charge in [0.15, 0.2) is 0 Å². The van der Waals surface area contributed by atoms with Gasteiger partial charge in [0.25, 0.3) is 0 Å². The van der Waals surface area contributed by atoms with Crippen LogP contribution in [0.2, 0.25) is 5.02 Å². The number of hydrogen-bond acceptors (Lipinski definition) is 4. The molecule has 2 aromatic rings. The van der Waals surface area contributed by atoms with E-state index in [0.29, 0.717) is 22.2 Å². The summed E-state index contributed by atoms with van der Waals surface area (Å²) in [5.74, 6) is -0.258. The number of carbonyl (C=O) groups excluding carboxylic acids is 2. The first kappa shape index (κ1) is 19.9. The number of methoxy groups -OCH3 is 1. The molecular formula is C20H23ClN2O3. The zero-order valence-electron chi connectivity index (χ0n) is 15.1. The van der Waals surface area contributed by atoms with E-state index in [0.717, 1.165) is 5.56 Å². The van der Waals surface area contributed by atoms with Gasteiger partial charge in [-0.3, -0.25) is 4.79 Å². The van der Waals surface area contributed by atoms with Crippen molar-refractivity contribution in [3.05, 3.63) is 64.7 Å². The molecule has 0 radical (unpaired) electrons. The van der Waals surface area contributed by atoms with E-state index in [1.54, 1.807) is 24.3 Å². The predicted octanol–water partition coefficient (Wildman–Crippen LogP) is 4.05. The van der Waals surface area contributed by atoms with Crippen molar-refractivity contribution in [2.45, 2.75) is 19.9 Å². The Labute approximate surface area is 158 Å². The Balaban J connectivity index is 1.93. The van der Waals surface area contributed by atoms with E-state index in [1.807, 2.05) is 24.3 Å². The SMILES string of the molecule is COC(=O)c1ccc(NC(=O)CNC(c2ccc(Cl)cc2)C(C)C)cc1. The number of esters is 1. The van der Waals surface area contributed by atoms with Gasteiger partial charge in [-0.2, -0.15) is 0 Å². The highest BCUT2D eigenvalue weighted by molar-refractivity contribution is 6.30. The van der Waals surface area contributed by atoms with Crippen LogP contribution >= 0.6 is 11.6 Å². The third kappa shape index (κ3) is 5.58. The molecule has 26 heavy (non-hydrogen) atoms. The van der Waals surface area contributed by atoms with Crippen LogP contribution in [-0.4, -0.2) is 25.5 Å². The van der Waals surface area contributed by atoms with Crippen molar-refractivity contribution in [2.75, 3.05) is 19.0 Å². The number of carbonyl (C=O) groups is 2. The molecule has 2 rings (SSSR count). The fourth-order valence-electron chi connectivity index (χ4n) is 2.62. The maximum atomic E-state index is 12.2. The number of ether oxygens (including phenoxy) is 1. The number of hydrogen-bond donors (Lipinski definition) is 2. The van der Waals surface area contributed by atoms with E-state index in [2.05, 4.69) is 29.2 Å². The Bertz CT molecular complexity index is 743. The lowest BCUT2D eigenvalue weighted by molar-refractivity contribution is -0.115. The number of anilines is 1. The molecule has 0 aliphatic heterocycles. The summed E-state index contributed by atoms with van der Waals surface area (Å²) in [5, 5.41) is 6.78. The van der Waals surface area contributed by atoms with Gasteiger partial charge in [0.2, 0.25) is 5.91 Å². The number of halogens is 1. The molecule has 0 saturated carbocycles. The molecule has 0 bridgehead atoms. The minimum Gasteiger partial charge on any atom is -0.465 e. The summed E-state index contributed by atoms with van der Waals surface area (Å²) in [4.78, 5) is 23.6. The van der Waals surface area contributed by atoms with E-state index in [9.17, 15) is 9.59 Å². The summed E-state index contributed by atoms with van der Waals surface area (Å²) in [6, 6.07) is 14.2. The van der Waals surface area contributed by atoms with Crippen molar-refractivity contribution >= 4 is 29.2 Å². The van der Waals surface area contributed by atoms with E-state index >= 15 is 0 Å². The summed E-state index contributed by atoms with van der Waals surface area (Å²) in [6.45, 7) is 4.36. The largest absolute Gasteiger partial charge is 0.465 e. The minimum absolute atomic E-state index is 0.0414. The van der Waals surface area contributed by atoms with Crippen molar-refractivity contribution in [3.63, 3.8) is 0 Å². The second kappa shape index (κ2) is 9.36. The number of nitrogens with one attached hydrogen (secondary N) is 2. The molecule has 0 spiro atoms. The van der Waals surface area contributed by atoms with Crippen LogP contribution in [0.1, 0.15) is 35.8 Å². The normalized spacial score (nSPS) is 11.9. The van der Waals surface area contributed by atoms with Gasteiger partial charge in [-0.15, -0.1) is 0 Å². The minimum atomic E-state index is -0.410.